The number of nitrogens with one attached hydrogen (secondary N) is 3. The average molecular weight is 515 g/mol. The minimum Gasteiger partial charge on any atom is -0.381 e. The van der Waals surface area contributed by atoms with Crippen LogP contribution in [0.2, 0.25) is 0 Å². The number of anilines is 2. The number of fused-ring (bicyclic) bond motifs is 3. The Morgan fingerprint density at radius 2 is 2.08 bits per heavy atom. The zero-order valence-electron chi connectivity index (χ0n) is 21.4. The monoisotopic (exact) mass is 514 g/mol. The van der Waals surface area contributed by atoms with E-state index in [0.717, 1.165) is 16.7 Å². The van der Waals surface area contributed by atoms with Gasteiger partial charge in [0.05, 0.1) is 11.1 Å². The summed E-state index contributed by atoms with van der Waals surface area (Å²) in [7, 11) is 0. The predicted octanol–water partition coefficient (Wildman–Crippen LogP) is 2.68. The molecule has 0 bridgehead atoms. The molecule has 1 fully saturated rings. The molecule has 3 aliphatic rings. The number of aryl methyl sites for hydroxylation is 2. The summed E-state index contributed by atoms with van der Waals surface area (Å²) in [5.41, 5.74) is 4.62. The molecule has 38 heavy (non-hydrogen) atoms. The van der Waals surface area contributed by atoms with Crippen molar-refractivity contribution in [1.82, 2.24) is 20.1 Å². The van der Waals surface area contributed by atoms with Gasteiger partial charge in [-0.25, -0.2) is 4.98 Å². The van der Waals surface area contributed by atoms with E-state index in [-0.39, 0.29) is 23.6 Å². The average Bonchev–Trinajstić information content (AvgIpc) is 3.47. The van der Waals surface area contributed by atoms with Gasteiger partial charge in [-0.1, -0.05) is 18.2 Å². The molecule has 2 aromatic heterocycles. The molecule has 2 aliphatic heterocycles. The van der Waals surface area contributed by atoms with Gasteiger partial charge in [-0.3, -0.25) is 19.1 Å². The van der Waals surface area contributed by atoms with E-state index in [1.54, 1.807) is 29.2 Å². The Hall–Kier alpha value is -4.05. The summed E-state index contributed by atoms with van der Waals surface area (Å²) in [6.45, 7) is 5.50. The highest BCUT2D eigenvalue weighted by Gasteiger charge is 2.48. The lowest BCUT2D eigenvalue weighted by Gasteiger charge is -2.37. The van der Waals surface area contributed by atoms with Crippen molar-refractivity contribution in [2.45, 2.75) is 57.0 Å². The van der Waals surface area contributed by atoms with E-state index in [9.17, 15) is 14.4 Å². The first kappa shape index (κ1) is 24.3. The van der Waals surface area contributed by atoms with Crippen LogP contribution in [0.1, 0.15) is 58.4 Å². The molecule has 3 N–H and O–H groups in total. The molecule has 0 radical (unpaired) electrons. The second-order valence-corrected chi connectivity index (χ2v) is 10.2. The van der Waals surface area contributed by atoms with E-state index >= 15 is 0 Å². The van der Waals surface area contributed by atoms with Crippen molar-refractivity contribution < 1.29 is 19.1 Å². The largest absolute Gasteiger partial charge is 0.381 e. The molecule has 3 aromatic rings. The van der Waals surface area contributed by atoms with Gasteiger partial charge >= 0.3 is 0 Å². The van der Waals surface area contributed by atoms with Gasteiger partial charge in [0.1, 0.15) is 17.6 Å². The smallest absolute Gasteiger partial charge is 0.270 e. The van der Waals surface area contributed by atoms with Crippen LogP contribution in [-0.4, -0.2) is 51.7 Å². The molecular formula is C28H30N6O4. The Morgan fingerprint density at radius 1 is 1.26 bits per heavy atom. The van der Waals surface area contributed by atoms with Gasteiger partial charge in [-0.2, -0.15) is 5.10 Å². The van der Waals surface area contributed by atoms with Gasteiger partial charge in [-0.05, 0) is 55.9 Å². The standard InChI is InChI=1S/C28H30N6O4/c1-3-34-21(7-10-30-34)25(35)33-24(18-13-17-6-4-5-16(2)23(17)18)26(36)32-22-14-20-19(15-29-22)28(27(37)31-20)8-11-38-12-9-28/h4-7,10,14-15,18,24H,3,8-9,11-13H2,1-2H3,(H,31,37)(H,33,35)(H,29,32,36)/t18-,24?/m1/s1. The number of aromatic nitrogens is 3. The maximum atomic E-state index is 13.7. The molecular weight excluding hydrogens is 484 g/mol. The minimum absolute atomic E-state index is 0.0553. The summed E-state index contributed by atoms with van der Waals surface area (Å²) < 4.78 is 7.07. The third-order valence-electron chi connectivity index (χ3n) is 8.15. The second-order valence-electron chi connectivity index (χ2n) is 10.2. The fraction of sp³-hybridized carbons (Fsp3) is 0.393. The molecule has 10 nitrogen and oxygen atoms in total. The lowest BCUT2D eigenvalue weighted by Crippen LogP contribution is -2.51. The van der Waals surface area contributed by atoms with Crippen LogP contribution in [0.25, 0.3) is 0 Å². The second kappa shape index (κ2) is 9.36. The van der Waals surface area contributed by atoms with E-state index in [2.05, 4.69) is 32.1 Å². The summed E-state index contributed by atoms with van der Waals surface area (Å²) in [4.78, 5) is 44.3. The Balaban J connectivity index is 1.27. The molecule has 6 rings (SSSR count). The SMILES string of the molecule is CCn1nccc1C(=O)NC(C(=O)Nc1cc2c(cn1)C1(CCOCC1)C(=O)N2)[C@@H]1Cc2cccc(C)c21. The normalized spacial score (nSPS) is 19.6. The topological polar surface area (TPSA) is 127 Å². The number of hydrogen-bond donors (Lipinski definition) is 3. The van der Waals surface area contributed by atoms with Crippen molar-refractivity contribution in [1.29, 1.82) is 0 Å². The number of carbonyl (C=O) groups excluding carboxylic acids is 3. The van der Waals surface area contributed by atoms with E-state index in [4.69, 9.17) is 4.74 Å². The van der Waals surface area contributed by atoms with Gasteiger partial charge in [-0.15, -0.1) is 0 Å². The highest BCUT2D eigenvalue weighted by molar-refractivity contribution is 6.07. The molecule has 1 saturated heterocycles. The number of ether oxygens (including phenoxy) is 1. The van der Waals surface area contributed by atoms with Gasteiger partial charge in [0, 0.05) is 49.7 Å². The van der Waals surface area contributed by atoms with Crippen LogP contribution >= 0.6 is 0 Å². The van der Waals surface area contributed by atoms with Crippen LogP contribution in [0.4, 0.5) is 11.5 Å². The van der Waals surface area contributed by atoms with Gasteiger partial charge in [0.25, 0.3) is 5.91 Å². The van der Waals surface area contributed by atoms with Crippen LogP contribution < -0.4 is 16.0 Å². The maximum Gasteiger partial charge on any atom is 0.270 e. The van der Waals surface area contributed by atoms with Crippen LogP contribution in [0, 0.1) is 6.92 Å². The number of hydrogen-bond acceptors (Lipinski definition) is 6. The first-order chi connectivity index (χ1) is 18.4. The van der Waals surface area contributed by atoms with Crippen molar-refractivity contribution >= 4 is 29.2 Å². The van der Waals surface area contributed by atoms with Crippen molar-refractivity contribution in [2.75, 3.05) is 23.8 Å². The summed E-state index contributed by atoms with van der Waals surface area (Å²) >= 11 is 0. The van der Waals surface area contributed by atoms with E-state index in [1.165, 1.54) is 5.56 Å². The van der Waals surface area contributed by atoms with Crippen LogP contribution in [0.3, 0.4) is 0 Å². The Kier molecular flexibility index (Phi) is 5.98. The molecule has 196 valence electrons. The fourth-order valence-electron chi connectivity index (χ4n) is 6.08. The lowest BCUT2D eigenvalue weighted by molar-refractivity contribution is -0.124. The fourth-order valence-corrected chi connectivity index (χ4v) is 6.08. The van der Waals surface area contributed by atoms with E-state index in [0.29, 0.717) is 56.2 Å². The third-order valence-corrected chi connectivity index (χ3v) is 8.15. The molecule has 1 spiro atoms. The van der Waals surface area contributed by atoms with Gasteiger partial charge < -0.3 is 20.7 Å². The summed E-state index contributed by atoms with van der Waals surface area (Å²) in [5, 5.41) is 13.0. The van der Waals surface area contributed by atoms with E-state index in [1.807, 2.05) is 26.0 Å². The van der Waals surface area contributed by atoms with Crippen molar-refractivity contribution in [3.63, 3.8) is 0 Å². The molecule has 1 aromatic carbocycles. The third kappa shape index (κ3) is 3.87. The lowest BCUT2D eigenvalue weighted by atomic mass is 9.71. The van der Waals surface area contributed by atoms with Crippen molar-refractivity contribution in [3.05, 3.63) is 70.7 Å². The molecule has 2 atom stereocenters. The molecule has 1 unspecified atom stereocenters. The minimum atomic E-state index is -0.817. The molecule has 0 saturated carbocycles. The zero-order valence-corrected chi connectivity index (χ0v) is 21.4. The summed E-state index contributed by atoms with van der Waals surface area (Å²) in [5.74, 6) is -0.632. The van der Waals surface area contributed by atoms with Crippen LogP contribution in [0.15, 0.2) is 42.7 Å². The first-order valence-electron chi connectivity index (χ1n) is 13.0. The van der Waals surface area contributed by atoms with Crippen LogP contribution in [-0.2, 0) is 32.7 Å². The molecule has 10 heteroatoms. The molecule has 4 heterocycles. The Bertz CT molecular complexity index is 1430. The molecule has 1 aliphatic carbocycles. The summed E-state index contributed by atoms with van der Waals surface area (Å²) in [6, 6.07) is 8.60. The van der Waals surface area contributed by atoms with Crippen LogP contribution in [0.5, 0.6) is 0 Å². The Morgan fingerprint density at radius 3 is 2.84 bits per heavy atom. The maximum absolute atomic E-state index is 13.7. The Labute approximate surface area is 220 Å². The number of nitrogens with zero attached hydrogens (tertiary/aromatic N) is 3. The number of amides is 3. The van der Waals surface area contributed by atoms with Crippen molar-refractivity contribution in [2.24, 2.45) is 0 Å². The number of benzene rings is 1. The highest BCUT2D eigenvalue weighted by Crippen LogP contribution is 2.45. The zero-order chi connectivity index (χ0) is 26.4. The van der Waals surface area contributed by atoms with E-state index < -0.39 is 11.5 Å². The first-order valence-corrected chi connectivity index (χ1v) is 13.0. The highest BCUT2D eigenvalue weighted by atomic mass is 16.5. The number of pyridine rings is 1. The van der Waals surface area contributed by atoms with Gasteiger partial charge in [0.15, 0.2) is 0 Å². The van der Waals surface area contributed by atoms with Crippen molar-refractivity contribution in [3.8, 4) is 0 Å². The molecule has 3 amide bonds. The quantitative estimate of drug-likeness (QED) is 0.464. The summed E-state index contributed by atoms with van der Waals surface area (Å²) in [6.07, 6.45) is 5.12. The number of carbonyl (C=O) groups is 3. The number of rotatable bonds is 6. The van der Waals surface area contributed by atoms with Gasteiger partial charge in [0.2, 0.25) is 11.8 Å². The predicted molar refractivity (Wildman–Crippen MR) is 140 cm³/mol.